The maximum absolute atomic E-state index is 12.5. The van der Waals surface area contributed by atoms with Gasteiger partial charge in [-0.15, -0.1) is 0 Å². The predicted octanol–water partition coefficient (Wildman–Crippen LogP) is 3.44. The van der Waals surface area contributed by atoms with Gasteiger partial charge in [-0.25, -0.2) is 0 Å². The highest BCUT2D eigenvalue weighted by Gasteiger charge is 2.31. The number of para-hydroxylation sites is 1. The smallest absolute Gasteiger partial charge is 0.308 e. The van der Waals surface area contributed by atoms with E-state index in [4.69, 9.17) is 16.7 Å². The van der Waals surface area contributed by atoms with E-state index in [1.54, 1.807) is 52.0 Å². The highest BCUT2D eigenvalue weighted by Crippen LogP contribution is 2.30. The summed E-state index contributed by atoms with van der Waals surface area (Å²) < 4.78 is 0. The molecule has 1 rings (SSSR count). The van der Waals surface area contributed by atoms with Crippen molar-refractivity contribution in [1.82, 2.24) is 0 Å². The molecular formula is C15H20ClNO3. The third-order valence-electron chi connectivity index (χ3n) is 2.91. The second-order valence-electron chi connectivity index (χ2n) is 5.86. The van der Waals surface area contributed by atoms with E-state index in [0.717, 1.165) is 0 Å². The Bertz CT molecular complexity index is 508. The van der Waals surface area contributed by atoms with Gasteiger partial charge in [-0.1, -0.05) is 51.4 Å². The molecule has 0 aliphatic carbocycles. The van der Waals surface area contributed by atoms with E-state index in [0.29, 0.717) is 10.7 Å². The number of halogens is 1. The Morgan fingerprint density at radius 2 is 1.85 bits per heavy atom. The number of nitrogens with zero attached hydrogens (tertiary/aromatic N) is 1. The number of benzene rings is 1. The van der Waals surface area contributed by atoms with Gasteiger partial charge in [0, 0.05) is 12.0 Å². The zero-order chi connectivity index (χ0) is 15.5. The number of aliphatic carboxylic acids is 1. The molecule has 0 aromatic heterocycles. The van der Waals surface area contributed by atoms with E-state index in [2.05, 4.69) is 0 Å². The third-order valence-corrected chi connectivity index (χ3v) is 3.23. The second-order valence-corrected chi connectivity index (χ2v) is 6.26. The van der Waals surface area contributed by atoms with Crippen LogP contribution in [0.5, 0.6) is 0 Å². The van der Waals surface area contributed by atoms with Crippen molar-refractivity contribution in [3.63, 3.8) is 0 Å². The molecule has 20 heavy (non-hydrogen) atoms. The van der Waals surface area contributed by atoms with Crippen molar-refractivity contribution in [1.29, 1.82) is 0 Å². The summed E-state index contributed by atoms with van der Waals surface area (Å²) in [6.07, 6.45) is 0. The Morgan fingerprint density at radius 1 is 1.30 bits per heavy atom. The largest absolute Gasteiger partial charge is 0.481 e. The van der Waals surface area contributed by atoms with Crippen molar-refractivity contribution in [2.24, 2.45) is 11.3 Å². The third kappa shape index (κ3) is 3.97. The summed E-state index contributed by atoms with van der Waals surface area (Å²) in [5, 5.41) is 9.49. The highest BCUT2D eigenvalue weighted by atomic mass is 35.5. The average Bonchev–Trinajstić information content (AvgIpc) is 2.34. The summed E-state index contributed by atoms with van der Waals surface area (Å²) >= 11 is 6.13. The lowest BCUT2D eigenvalue weighted by molar-refractivity contribution is -0.140. The molecule has 5 heteroatoms. The molecule has 0 radical (unpaired) electrons. The molecule has 1 aromatic rings. The lowest BCUT2D eigenvalue weighted by Crippen LogP contribution is -2.43. The summed E-state index contributed by atoms with van der Waals surface area (Å²) in [5.74, 6) is -1.76. The monoisotopic (exact) mass is 297 g/mol. The Labute approximate surface area is 124 Å². The van der Waals surface area contributed by atoms with Crippen molar-refractivity contribution < 1.29 is 14.7 Å². The van der Waals surface area contributed by atoms with Gasteiger partial charge in [-0.3, -0.25) is 9.59 Å². The Kier molecular flexibility index (Phi) is 5.17. The lowest BCUT2D eigenvalue weighted by atomic mass is 9.93. The Morgan fingerprint density at radius 3 is 2.30 bits per heavy atom. The first-order valence-corrected chi connectivity index (χ1v) is 6.81. The van der Waals surface area contributed by atoms with Gasteiger partial charge in [0.15, 0.2) is 0 Å². The molecule has 0 aliphatic heterocycles. The molecule has 0 bridgehead atoms. The van der Waals surface area contributed by atoms with Crippen LogP contribution in [0.15, 0.2) is 24.3 Å². The van der Waals surface area contributed by atoms with Crippen molar-refractivity contribution in [2.45, 2.75) is 27.7 Å². The number of carbonyl (C=O) groups is 2. The average molecular weight is 298 g/mol. The number of amides is 1. The molecule has 0 fully saturated rings. The lowest BCUT2D eigenvalue weighted by Gasteiger charge is -2.31. The summed E-state index contributed by atoms with van der Waals surface area (Å²) in [6.45, 7) is 7.05. The van der Waals surface area contributed by atoms with E-state index in [9.17, 15) is 9.59 Å². The van der Waals surface area contributed by atoms with Crippen molar-refractivity contribution >= 4 is 29.2 Å². The molecular weight excluding hydrogens is 278 g/mol. The van der Waals surface area contributed by atoms with Gasteiger partial charge in [-0.05, 0) is 12.1 Å². The molecule has 1 N–H and O–H groups in total. The zero-order valence-electron chi connectivity index (χ0n) is 12.2. The minimum absolute atomic E-state index is 0.0924. The number of hydrogen-bond acceptors (Lipinski definition) is 2. The Balaban J connectivity index is 3.18. The number of carbonyl (C=O) groups excluding carboxylic acids is 1. The predicted molar refractivity (Wildman–Crippen MR) is 80.1 cm³/mol. The SMILES string of the molecule is CC(CN(C(=O)C(C)(C)C)c1ccccc1Cl)C(=O)O. The fourth-order valence-electron chi connectivity index (χ4n) is 1.72. The fraction of sp³-hybridized carbons (Fsp3) is 0.467. The topological polar surface area (TPSA) is 57.6 Å². The number of hydrogen-bond donors (Lipinski definition) is 1. The van der Waals surface area contributed by atoms with E-state index < -0.39 is 17.3 Å². The zero-order valence-corrected chi connectivity index (χ0v) is 12.9. The van der Waals surface area contributed by atoms with Gasteiger partial charge in [-0.2, -0.15) is 0 Å². The first-order chi connectivity index (χ1) is 9.14. The first kappa shape index (κ1) is 16.5. The fourth-order valence-corrected chi connectivity index (χ4v) is 1.96. The van der Waals surface area contributed by atoms with Crippen molar-refractivity contribution in [3.05, 3.63) is 29.3 Å². The first-order valence-electron chi connectivity index (χ1n) is 6.44. The maximum Gasteiger partial charge on any atom is 0.308 e. The normalized spacial score (nSPS) is 12.8. The minimum Gasteiger partial charge on any atom is -0.481 e. The number of rotatable bonds is 4. The van der Waals surface area contributed by atoms with Gasteiger partial charge in [0.2, 0.25) is 5.91 Å². The molecule has 1 aromatic carbocycles. The van der Waals surface area contributed by atoms with Crippen molar-refractivity contribution in [3.8, 4) is 0 Å². The quantitative estimate of drug-likeness (QED) is 0.926. The molecule has 0 spiro atoms. The highest BCUT2D eigenvalue weighted by molar-refractivity contribution is 6.33. The molecule has 1 unspecified atom stereocenters. The van der Waals surface area contributed by atoms with E-state index in [-0.39, 0.29) is 12.5 Å². The van der Waals surface area contributed by atoms with Crippen LogP contribution in [0, 0.1) is 11.3 Å². The summed E-state index contributed by atoms with van der Waals surface area (Å²) in [6, 6.07) is 6.95. The van der Waals surface area contributed by atoms with Crippen LogP contribution in [0.2, 0.25) is 5.02 Å². The molecule has 4 nitrogen and oxygen atoms in total. The van der Waals surface area contributed by atoms with Crippen LogP contribution in [0.1, 0.15) is 27.7 Å². The standard InChI is InChI=1S/C15H20ClNO3/c1-10(13(18)19)9-17(14(20)15(2,3)4)12-8-6-5-7-11(12)16/h5-8,10H,9H2,1-4H3,(H,18,19). The number of carboxylic acid groups (broad SMARTS) is 1. The summed E-state index contributed by atoms with van der Waals surface area (Å²) in [4.78, 5) is 25.1. The van der Waals surface area contributed by atoms with E-state index >= 15 is 0 Å². The van der Waals surface area contributed by atoms with E-state index in [1.807, 2.05) is 0 Å². The maximum atomic E-state index is 12.5. The molecule has 0 saturated heterocycles. The molecule has 0 heterocycles. The van der Waals surface area contributed by atoms with Crippen LogP contribution in [-0.4, -0.2) is 23.5 Å². The van der Waals surface area contributed by atoms with Gasteiger partial charge in [0.05, 0.1) is 16.6 Å². The van der Waals surface area contributed by atoms with Crippen LogP contribution in [0.4, 0.5) is 5.69 Å². The van der Waals surface area contributed by atoms with Crippen LogP contribution in [0.3, 0.4) is 0 Å². The van der Waals surface area contributed by atoms with Crippen LogP contribution < -0.4 is 4.90 Å². The molecule has 1 atom stereocenters. The van der Waals surface area contributed by atoms with E-state index in [1.165, 1.54) is 4.90 Å². The molecule has 110 valence electrons. The summed E-state index contributed by atoms with van der Waals surface area (Å²) in [5.41, 5.74) is -0.0700. The molecule has 0 aliphatic rings. The van der Waals surface area contributed by atoms with Crippen LogP contribution >= 0.6 is 11.6 Å². The van der Waals surface area contributed by atoms with Crippen molar-refractivity contribution in [2.75, 3.05) is 11.4 Å². The second kappa shape index (κ2) is 6.27. The molecule has 0 saturated carbocycles. The van der Waals surface area contributed by atoms with Crippen LogP contribution in [-0.2, 0) is 9.59 Å². The minimum atomic E-state index is -0.941. The summed E-state index contributed by atoms with van der Waals surface area (Å²) in [7, 11) is 0. The van der Waals surface area contributed by atoms with Gasteiger partial charge >= 0.3 is 5.97 Å². The number of carboxylic acids is 1. The Hall–Kier alpha value is -1.55. The molecule has 1 amide bonds. The van der Waals surface area contributed by atoms with Gasteiger partial charge < -0.3 is 10.0 Å². The van der Waals surface area contributed by atoms with Gasteiger partial charge in [0.1, 0.15) is 0 Å². The van der Waals surface area contributed by atoms with Gasteiger partial charge in [0.25, 0.3) is 0 Å². The number of anilines is 1. The van der Waals surface area contributed by atoms with Crippen LogP contribution in [0.25, 0.3) is 0 Å².